The number of halogens is 1. The van der Waals surface area contributed by atoms with Crippen molar-refractivity contribution in [3.05, 3.63) is 76.1 Å². The van der Waals surface area contributed by atoms with Crippen molar-refractivity contribution in [2.45, 2.75) is 56.3 Å². The number of aromatic nitrogens is 1. The fourth-order valence-electron chi connectivity index (χ4n) is 8.15. The molecule has 7 rings (SSSR count). The van der Waals surface area contributed by atoms with Crippen molar-refractivity contribution in [1.29, 1.82) is 0 Å². The molecule has 264 valence electrons. The van der Waals surface area contributed by atoms with Gasteiger partial charge in [0.25, 0.3) is 0 Å². The fraction of sp³-hybridized carbons (Fsp3) is 0.595. The SMILES string of the molecule is O=c1ccc2c([C@@H](O)CNCCOCCOCC[N+]34CCC(CC3)[C@@H](OC[C@@](O)(c3ccccc3)C3CCCC3)C4)ccc(O)c2[nH]1.[Cl-]. The maximum Gasteiger partial charge on any atom is 0.248 e. The van der Waals surface area contributed by atoms with Crippen LogP contribution in [0.3, 0.4) is 0 Å². The predicted octanol–water partition coefficient (Wildman–Crippen LogP) is 0.598. The minimum absolute atomic E-state index is 0. The lowest BCUT2D eigenvalue weighted by atomic mass is 9.80. The van der Waals surface area contributed by atoms with Gasteiger partial charge in [0.05, 0.1) is 57.7 Å². The average Bonchev–Trinajstić information content (AvgIpc) is 3.65. The Hall–Kier alpha value is -2.54. The van der Waals surface area contributed by atoms with Gasteiger partial charge in [-0.3, -0.25) is 4.79 Å². The second kappa shape index (κ2) is 16.9. The minimum atomic E-state index is -0.919. The molecule has 2 aromatic carbocycles. The molecule has 0 spiro atoms. The Morgan fingerprint density at radius 1 is 0.938 bits per heavy atom. The normalized spacial score (nSPS) is 24.4. The van der Waals surface area contributed by atoms with Crippen molar-refractivity contribution >= 4 is 10.9 Å². The number of aliphatic hydroxyl groups excluding tert-OH is 1. The summed E-state index contributed by atoms with van der Waals surface area (Å²) in [6.07, 6.45) is 6.22. The molecule has 0 radical (unpaired) electrons. The third kappa shape index (κ3) is 8.60. The van der Waals surface area contributed by atoms with Gasteiger partial charge >= 0.3 is 0 Å². The van der Waals surface area contributed by atoms with Gasteiger partial charge in [0.1, 0.15) is 30.5 Å². The van der Waals surface area contributed by atoms with E-state index >= 15 is 0 Å². The van der Waals surface area contributed by atoms with Crippen molar-refractivity contribution in [3.63, 3.8) is 0 Å². The first-order valence-corrected chi connectivity index (χ1v) is 17.5. The number of hydrogen-bond acceptors (Lipinski definition) is 8. The number of phenols is 1. The Morgan fingerprint density at radius 2 is 1.67 bits per heavy atom. The van der Waals surface area contributed by atoms with Crippen LogP contribution in [-0.2, 0) is 19.8 Å². The van der Waals surface area contributed by atoms with Gasteiger partial charge in [-0.25, -0.2) is 0 Å². The predicted molar refractivity (Wildman–Crippen MR) is 180 cm³/mol. The van der Waals surface area contributed by atoms with E-state index in [1.807, 2.05) is 18.2 Å². The highest BCUT2D eigenvalue weighted by molar-refractivity contribution is 5.87. The molecular weight excluding hydrogens is 634 g/mol. The summed E-state index contributed by atoms with van der Waals surface area (Å²) in [5.41, 5.74) is 0.725. The van der Waals surface area contributed by atoms with Crippen molar-refractivity contribution in [1.82, 2.24) is 10.3 Å². The first-order valence-electron chi connectivity index (χ1n) is 17.5. The smallest absolute Gasteiger partial charge is 0.248 e. The van der Waals surface area contributed by atoms with Crippen LogP contribution in [0.15, 0.2) is 59.4 Å². The number of quaternary nitrogens is 1. The topological polar surface area (TPSA) is 133 Å². The number of rotatable bonds is 17. The zero-order chi connectivity index (χ0) is 32.7. The number of benzene rings is 2. The molecule has 1 aliphatic carbocycles. The molecule has 4 heterocycles. The van der Waals surface area contributed by atoms with Crippen LogP contribution in [0.2, 0.25) is 0 Å². The van der Waals surface area contributed by atoms with Gasteiger partial charge in [-0.1, -0.05) is 49.2 Å². The minimum Gasteiger partial charge on any atom is -1.00 e. The van der Waals surface area contributed by atoms with E-state index in [2.05, 4.69) is 22.4 Å². The van der Waals surface area contributed by atoms with Crippen LogP contribution in [0.25, 0.3) is 10.9 Å². The van der Waals surface area contributed by atoms with Gasteiger partial charge in [-0.2, -0.15) is 0 Å². The number of aromatic amines is 1. The zero-order valence-electron chi connectivity index (χ0n) is 27.8. The van der Waals surface area contributed by atoms with Crippen molar-refractivity contribution in [3.8, 4) is 5.75 Å². The summed E-state index contributed by atoms with van der Waals surface area (Å²) in [6, 6.07) is 16.3. The van der Waals surface area contributed by atoms with Crippen LogP contribution in [0.5, 0.6) is 5.75 Å². The summed E-state index contributed by atoms with van der Waals surface area (Å²) < 4.78 is 19.4. The highest BCUT2D eigenvalue weighted by Crippen LogP contribution is 2.42. The third-order valence-electron chi connectivity index (χ3n) is 11.0. The van der Waals surface area contributed by atoms with Crippen molar-refractivity contribution in [2.24, 2.45) is 11.8 Å². The van der Waals surface area contributed by atoms with E-state index in [4.69, 9.17) is 14.2 Å². The maximum absolute atomic E-state index is 12.0. The monoisotopic (exact) mass is 685 g/mol. The molecule has 3 atom stereocenters. The van der Waals surface area contributed by atoms with Crippen molar-refractivity contribution < 1.29 is 46.4 Å². The molecule has 2 bridgehead atoms. The standard InChI is InChI=1S/C37H51N3O7.ClH/c41-32-12-10-30(31-11-13-35(43)39-36(31)32)33(42)24-38-16-20-45-22-23-46-21-19-40-17-14-27(15-18-40)34(25-40)47-26-37(44,29-8-4-5-9-29)28-6-2-1-3-7-28;/h1-3,6-7,10-13,27,29,33-34,38,42,44H,4-5,8-9,14-26H2,(H-,39,41,43);1H/t27?,33-,34-,37+,40?;/m0./s1. The molecule has 48 heavy (non-hydrogen) atoms. The number of fused-ring (bicyclic) bond motifs is 4. The average molecular weight is 686 g/mol. The van der Waals surface area contributed by atoms with E-state index in [0.29, 0.717) is 68.5 Å². The molecular formula is C37H52ClN3O7. The quantitative estimate of drug-likeness (QED) is 0.103. The van der Waals surface area contributed by atoms with E-state index in [9.17, 15) is 20.1 Å². The van der Waals surface area contributed by atoms with Crippen LogP contribution < -0.4 is 23.3 Å². The van der Waals surface area contributed by atoms with Gasteiger partial charge in [-0.05, 0) is 42.0 Å². The highest BCUT2D eigenvalue weighted by Gasteiger charge is 2.48. The molecule has 0 amide bonds. The molecule has 10 nitrogen and oxygen atoms in total. The zero-order valence-corrected chi connectivity index (χ0v) is 28.6. The summed E-state index contributed by atoms with van der Waals surface area (Å²) in [5.74, 6) is 0.809. The number of pyridine rings is 1. The number of phenolic OH excluding ortho intramolecular Hbond substituents is 1. The number of hydrogen-bond donors (Lipinski definition) is 5. The Bertz CT molecular complexity index is 1490. The molecule has 4 aliphatic rings. The number of nitrogens with zero attached hydrogens (tertiary/aromatic N) is 1. The second-order valence-electron chi connectivity index (χ2n) is 13.9. The summed E-state index contributed by atoms with van der Waals surface area (Å²) >= 11 is 0. The Balaban J connectivity index is 0.00000451. The van der Waals surface area contributed by atoms with Gasteiger partial charge in [0.15, 0.2) is 0 Å². The van der Waals surface area contributed by atoms with Crippen LogP contribution in [-0.4, -0.2) is 103 Å². The van der Waals surface area contributed by atoms with Crippen LogP contribution >= 0.6 is 0 Å². The lowest BCUT2D eigenvalue weighted by molar-refractivity contribution is -0.946. The molecule has 3 aliphatic heterocycles. The molecule has 4 fully saturated rings. The summed E-state index contributed by atoms with van der Waals surface area (Å²) in [7, 11) is 0. The number of aliphatic hydroxyl groups is 2. The molecule has 3 aromatic rings. The van der Waals surface area contributed by atoms with Gasteiger partial charge in [0, 0.05) is 43.3 Å². The second-order valence-corrected chi connectivity index (χ2v) is 13.9. The van der Waals surface area contributed by atoms with E-state index in [1.54, 1.807) is 12.1 Å². The molecule has 5 N–H and O–H groups in total. The summed E-state index contributed by atoms with van der Waals surface area (Å²) in [6.45, 7) is 7.80. The first kappa shape index (κ1) is 36.7. The van der Waals surface area contributed by atoms with E-state index < -0.39 is 11.7 Å². The van der Waals surface area contributed by atoms with E-state index in [0.717, 1.165) is 36.0 Å². The summed E-state index contributed by atoms with van der Waals surface area (Å²) in [5, 5.41) is 36.5. The van der Waals surface area contributed by atoms with E-state index in [1.165, 1.54) is 50.9 Å². The lowest BCUT2D eigenvalue weighted by Crippen LogP contribution is -3.00. The molecule has 1 saturated carbocycles. The number of H-pyrrole nitrogens is 1. The lowest BCUT2D eigenvalue weighted by Gasteiger charge is -2.52. The van der Waals surface area contributed by atoms with Gasteiger partial charge in [-0.15, -0.1) is 0 Å². The van der Waals surface area contributed by atoms with Crippen LogP contribution in [0, 0.1) is 11.8 Å². The van der Waals surface area contributed by atoms with Crippen LogP contribution in [0.1, 0.15) is 55.8 Å². The number of aromatic hydroxyl groups is 1. The maximum atomic E-state index is 12.0. The van der Waals surface area contributed by atoms with Crippen LogP contribution in [0.4, 0.5) is 0 Å². The van der Waals surface area contributed by atoms with Crippen molar-refractivity contribution in [2.75, 3.05) is 72.3 Å². The van der Waals surface area contributed by atoms with Gasteiger partial charge < -0.3 is 56.7 Å². The number of piperidine rings is 3. The first-order chi connectivity index (χ1) is 22.9. The van der Waals surface area contributed by atoms with Gasteiger partial charge in [0.2, 0.25) is 5.56 Å². The Labute approximate surface area is 289 Å². The summed E-state index contributed by atoms with van der Waals surface area (Å²) in [4.78, 5) is 14.3. The molecule has 11 heteroatoms. The largest absolute Gasteiger partial charge is 1.00 e. The fourth-order valence-corrected chi connectivity index (χ4v) is 8.15. The molecule has 1 aromatic heterocycles. The molecule has 3 saturated heterocycles. The number of ether oxygens (including phenoxy) is 3. The van der Waals surface area contributed by atoms with E-state index in [-0.39, 0.29) is 35.7 Å². The Kier molecular flexibility index (Phi) is 12.9. The Morgan fingerprint density at radius 3 is 2.42 bits per heavy atom. The third-order valence-corrected chi connectivity index (χ3v) is 11.0. The number of nitrogens with one attached hydrogen (secondary N) is 2. The highest BCUT2D eigenvalue weighted by atomic mass is 35.5. The molecule has 0 unspecified atom stereocenters.